The molecule has 0 spiro atoms. The predicted octanol–water partition coefficient (Wildman–Crippen LogP) is 4.04. The van der Waals surface area contributed by atoms with Crippen LogP contribution in [0.1, 0.15) is 44.5 Å². The third kappa shape index (κ3) is 4.83. The number of hydrogen-bond donors (Lipinski definition) is 2. The maximum Gasteiger partial charge on any atom is 0.407 e. The molecule has 2 saturated heterocycles. The summed E-state index contributed by atoms with van der Waals surface area (Å²) in [5, 5.41) is 2.80. The number of H-pyrrole nitrogens is 1. The van der Waals surface area contributed by atoms with Gasteiger partial charge in [0.15, 0.2) is 0 Å². The zero-order valence-corrected chi connectivity index (χ0v) is 19.9. The molecular formula is C23H29BrN4O4. The number of aromatic nitrogens is 2. The van der Waals surface area contributed by atoms with Crippen molar-refractivity contribution in [1.82, 2.24) is 20.2 Å². The number of likely N-dealkylation sites (tertiary alicyclic amines) is 1. The quantitative estimate of drug-likeness (QED) is 0.640. The number of ether oxygens (including phenoxy) is 2. The van der Waals surface area contributed by atoms with Gasteiger partial charge in [-0.3, -0.25) is 4.79 Å². The van der Waals surface area contributed by atoms with Crippen LogP contribution < -0.4 is 5.32 Å². The number of benzene rings is 1. The summed E-state index contributed by atoms with van der Waals surface area (Å²) in [6.45, 7) is 3.23. The van der Waals surface area contributed by atoms with E-state index in [4.69, 9.17) is 9.47 Å². The lowest BCUT2D eigenvalue weighted by atomic mass is 9.90. The third-order valence-corrected chi connectivity index (χ3v) is 6.98. The smallest absolute Gasteiger partial charge is 0.407 e. The number of aromatic amines is 1. The molecule has 2 fully saturated rings. The predicted molar refractivity (Wildman–Crippen MR) is 123 cm³/mol. The second kappa shape index (κ2) is 10.0. The van der Waals surface area contributed by atoms with Crippen LogP contribution in [0.2, 0.25) is 0 Å². The molecule has 2 N–H and O–H groups in total. The molecular weight excluding hydrogens is 476 g/mol. The number of carbonyl (C=O) groups excluding carboxylic acids is 2. The summed E-state index contributed by atoms with van der Waals surface area (Å²) in [5.74, 6) is 0.696. The molecule has 2 amide bonds. The zero-order valence-electron chi connectivity index (χ0n) is 18.3. The van der Waals surface area contributed by atoms with Crippen molar-refractivity contribution in [3.63, 3.8) is 0 Å². The van der Waals surface area contributed by atoms with Crippen molar-refractivity contribution in [2.75, 3.05) is 20.3 Å². The summed E-state index contributed by atoms with van der Waals surface area (Å²) in [5.41, 5.74) is 1.94. The third-order valence-electron chi connectivity index (χ3n) is 6.45. The van der Waals surface area contributed by atoms with E-state index in [1.54, 1.807) is 0 Å². The molecule has 9 heteroatoms. The Morgan fingerprint density at radius 1 is 1.22 bits per heavy atom. The summed E-state index contributed by atoms with van der Waals surface area (Å²) in [4.78, 5) is 35.7. The number of methoxy groups -OCH3 is 1. The molecule has 0 radical (unpaired) electrons. The molecule has 0 unspecified atom stereocenters. The van der Waals surface area contributed by atoms with Crippen molar-refractivity contribution in [2.45, 2.75) is 50.7 Å². The van der Waals surface area contributed by atoms with Gasteiger partial charge in [-0.15, -0.1) is 0 Å². The number of rotatable bonds is 5. The van der Waals surface area contributed by atoms with Gasteiger partial charge in [0, 0.05) is 23.7 Å². The molecule has 4 rings (SSSR count). The van der Waals surface area contributed by atoms with Crippen LogP contribution in [0.15, 0.2) is 34.9 Å². The Hall–Kier alpha value is -2.39. The van der Waals surface area contributed by atoms with Gasteiger partial charge < -0.3 is 24.7 Å². The van der Waals surface area contributed by atoms with Gasteiger partial charge in [-0.25, -0.2) is 9.78 Å². The highest BCUT2D eigenvalue weighted by molar-refractivity contribution is 9.10. The van der Waals surface area contributed by atoms with Crippen LogP contribution in [0.4, 0.5) is 4.79 Å². The average Bonchev–Trinajstić information content (AvgIpc) is 3.44. The first-order chi connectivity index (χ1) is 15.5. The van der Waals surface area contributed by atoms with Crippen LogP contribution in [0.25, 0.3) is 11.3 Å². The van der Waals surface area contributed by atoms with Crippen molar-refractivity contribution >= 4 is 27.9 Å². The molecule has 0 bridgehead atoms. The topological polar surface area (TPSA) is 96.5 Å². The first kappa shape index (κ1) is 22.8. The highest BCUT2D eigenvalue weighted by atomic mass is 79.9. The van der Waals surface area contributed by atoms with Gasteiger partial charge in [-0.2, -0.15) is 0 Å². The number of imidazole rings is 1. The minimum absolute atomic E-state index is 0.0127. The monoisotopic (exact) mass is 504 g/mol. The van der Waals surface area contributed by atoms with Crippen molar-refractivity contribution in [3.8, 4) is 11.3 Å². The number of halogens is 1. The second-order valence-corrected chi connectivity index (χ2v) is 9.36. The fourth-order valence-electron chi connectivity index (χ4n) is 4.68. The first-order valence-corrected chi connectivity index (χ1v) is 11.8. The number of amides is 2. The Morgan fingerprint density at radius 3 is 2.62 bits per heavy atom. The lowest BCUT2D eigenvalue weighted by Crippen LogP contribution is -2.54. The summed E-state index contributed by atoms with van der Waals surface area (Å²) >= 11 is 3.46. The summed E-state index contributed by atoms with van der Waals surface area (Å²) in [7, 11) is 1.31. The molecule has 2 aromatic rings. The highest BCUT2D eigenvalue weighted by Crippen LogP contribution is 2.37. The fourth-order valence-corrected chi connectivity index (χ4v) is 4.95. The van der Waals surface area contributed by atoms with Crippen molar-refractivity contribution < 1.29 is 19.1 Å². The van der Waals surface area contributed by atoms with Crippen molar-refractivity contribution in [3.05, 3.63) is 40.8 Å². The SMILES string of the molecule is COC(=O)N[C@H](C(=O)N1[C@@H](C)CC[C@H]1c1ncc(-c2ccc(Br)cc2)[nH]1)C1CCOCC1. The average molecular weight is 505 g/mol. The Balaban J connectivity index is 1.58. The van der Waals surface area contributed by atoms with Gasteiger partial charge >= 0.3 is 6.09 Å². The van der Waals surface area contributed by atoms with E-state index in [1.165, 1.54) is 7.11 Å². The number of nitrogens with zero attached hydrogens (tertiary/aromatic N) is 2. The Bertz CT molecular complexity index is 942. The zero-order chi connectivity index (χ0) is 22.7. The van der Waals surface area contributed by atoms with E-state index in [9.17, 15) is 9.59 Å². The molecule has 1 aromatic carbocycles. The van der Waals surface area contributed by atoms with Gasteiger partial charge in [0.05, 0.1) is 25.0 Å². The molecule has 2 aliphatic rings. The van der Waals surface area contributed by atoms with Gasteiger partial charge in [-0.05, 0) is 56.2 Å². The Labute approximate surface area is 196 Å². The van der Waals surface area contributed by atoms with E-state index < -0.39 is 12.1 Å². The van der Waals surface area contributed by atoms with Crippen LogP contribution in [-0.4, -0.2) is 59.3 Å². The van der Waals surface area contributed by atoms with E-state index in [2.05, 4.69) is 38.1 Å². The van der Waals surface area contributed by atoms with Gasteiger partial charge in [0.1, 0.15) is 11.9 Å². The Morgan fingerprint density at radius 2 is 1.94 bits per heavy atom. The largest absolute Gasteiger partial charge is 0.453 e. The molecule has 0 saturated carbocycles. The molecule has 32 heavy (non-hydrogen) atoms. The number of hydrogen-bond acceptors (Lipinski definition) is 5. The Kier molecular flexibility index (Phi) is 7.15. The molecule has 3 heterocycles. The maximum absolute atomic E-state index is 13.8. The van der Waals surface area contributed by atoms with E-state index in [0.717, 1.165) is 47.2 Å². The molecule has 172 valence electrons. The summed E-state index contributed by atoms with van der Waals surface area (Å²) in [6.07, 6.45) is 4.37. The van der Waals surface area contributed by atoms with Crippen LogP contribution in [-0.2, 0) is 14.3 Å². The minimum Gasteiger partial charge on any atom is -0.453 e. The summed E-state index contributed by atoms with van der Waals surface area (Å²) < 4.78 is 11.3. The van der Waals surface area contributed by atoms with E-state index in [1.807, 2.05) is 35.4 Å². The molecule has 1 aromatic heterocycles. The molecule has 3 atom stereocenters. The first-order valence-electron chi connectivity index (χ1n) is 11.0. The standard InChI is InChI=1S/C23H29BrN4O4/c1-14-3-8-19(21-25-13-18(26-21)15-4-6-17(24)7-5-15)28(14)22(29)20(27-23(30)31-2)16-9-11-32-12-10-16/h4-7,13-14,16,19-20H,3,8-12H2,1-2H3,(H,25,26)(H,27,30)/t14-,19-,20-/m0/s1. The van der Waals surface area contributed by atoms with E-state index in [-0.39, 0.29) is 23.9 Å². The van der Waals surface area contributed by atoms with Gasteiger partial charge in [0.25, 0.3) is 0 Å². The number of alkyl carbamates (subject to hydrolysis) is 1. The van der Waals surface area contributed by atoms with Crippen molar-refractivity contribution in [1.29, 1.82) is 0 Å². The molecule has 2 aliphatic heterocycles. The lowest BCUT2D eigenvalue weighted by molar-refractivity contribution is -0.138. The maximum atomic E-state index is 13.8. The van der Waals surface area contributed by atoms with Crippen LogP contribution in [0, 0.1) is 5.92 Å². The number of nitrogens with one attached hydrogen (secondary N) is 2. The van der Waals surface area contributed by atoms with E-state index >= 15 is 0 Å². The van der Waals surface area contributed by atoms with Gasteiger partial charge in [0.2, 0.25) is 5.91 Å². The number of carbonyl (C=O) groups is 2. The fraction of sp³-hybridized carbons (Fsp3) is 0.522. The highest BCUT2D eigenvalue weighted by Gasteiger charge is 2.42. The van der Waals surface area contributed by atoms with Crippen LogP contribution >= 0.6 is 15.9 Å². The van der Waals surface area contributed by atoms with Crippen LogP contribution in [0.3, 0.4) is 0 Å². The minimum atomic E-state index is -0.643. The van der Waals surface area contributed by atoms with E-state index in [0.29, 0.717) is 13.2 Å². The van der Waals surface area contributed by atoms with Gasteiger partial charge in [-0.1, -0.05) is 28.1 Å². The normalized spacial score (nSPS) is 22.5. The molecule has 0 aliphatic carbocycles. The summed E-state index contributed by atoms with van der Waals surface area (Å²) in [6, 6.07) is 7.25. The van der Waals surface area contributed by atoms with Crippen LogP contribution in [0.5, 0.6) is 0 Å². The van der Waals surface area contributed by atoms with Crippen molar-refractivity contribution in [2.24, 2.45) is 5.92 Å². The lowest BCUT2D eigenvalue weighted by Gasteiger charge is -2.36. The molecule has 8 nitrogen and oxygen atoms in total. The second-order valence-electron chi connectivity index (χ2n) is 8.44.